The van der Waals surface area contributed by atoms with Crippen LogP contribution in [0.5, 0.6) is 0 Å². The quantitative estimate of drug-likeness (QED) is 0.572. The maximum absolute atomic E-state index is 4.89. The van der Waals surface area contributed by atoms with Crippen molar-refractivity contribution in [1.82, 2.24) is 0 Å². The van der Waals surface area contributed by atoms with Crippen LogP contribution in [0.4, 0.5) is 0 Å². The van der Waals surface area contributed by atoms with Crippen molar-refractivity contribution in [2.75, 3.05) is 0 Å². The van der Waals surface area contributed by atoms with Crippen LogP contribution < -0.4 is 0 Å². The predicted octanol–water partition coefficient (Wildman–Crippen LogP) is 4.37. The van der Waals surface area contributed by atoms with E-state index in [1.807, 2.05) is 0 Å². The maximum Gasteiger partial charge on any atom is 2.00 e. The van der Waals surface area contributed by atoms with E-state index >= 15 is 0 Å². The fourth-order valence-electron chi connectivity index (χ4n) is 0. The van der Waals surface area contributed by atoms with Crippen molar-refractivity contribution in [3.05, 3.63) is 0 Å². The van der Waals surface area contributed by atoms with Crippen molar-refractivity contribution in [3.63, 3.8) is 0 Å². The first-order valence-corrected chi connectivity index (χ1v) is 5.24. The Balaban J connectivity index is -0.000000107. The second-order valence-electron chi connectivity index (χ2n) is 0.990. The smallest absolute Gasteiger partial charge is 0.332 e. The van der Waals surface area contributed by atoms with E-state index in [1.165, 1.54) is 0 Å². The zero-order valence-corrected chi connectivity index (χ0v) is 13.1. The van der Waals surface area contributed by atoms with Gasteiger partial charge in [0, 0.05) is 0 Å². The molecule has 0 nitrogen and oxygen atoms in total. The standard InChI is InChI=1S/2BCl4.Ca/c2*2-1(3,4)5;/q2*-1;+2. The van der Waals surface area contributed by atoms with E-state index < -0.39 is 7.61 Å². The summed E-state index contributed by atoms with van der Waals surface area (Å²) in [6.07, 6.45) is 0. The molecule has 0 aromatic rings. The Labute approximate surface area is 135 Å². The van der Waals surface area contributed by atoms with Crippen LogP contribution in [0.3, 0.4) is 0 Å². The third kappa shape index (κ3) is 137. The summed E-state index contributed by atoms with van der Waals surface area (Å²) in [6.45, 7) is 0. The van der Waals surface area contributed by atoms with Gasteiger partial charge in [0.15, 0.2) is 0 Å². The molecule has 0 saturated carbocycles. The van der Waals surface area contributed by atoms with Gasteiger partial charge in [-0.3, -0.25) is 0 Å². The van der Waals surface area contributed by atoms with Crippen molar-refractivity contribution in [2.45, 2.75) is 0 Å². The Kier molecular flexibility index (Phi) is 16.4. The molecule has 11 heteroatoms. The molecule has 0 spiro atoms. The van der Waals surface area contributed by atoms with Crippen molar-refractivity contribution < 1.29 is 0 Å². The molecule has 0 radical (unpaired) electrons. The number of hydrogen-bond acceptors (Lipinski definition) is 0. The third-order valence-electron chi connectivity index (χ3n) is 0. The molecule has 0 rings (SSSR count). The normalized spacial score (nSPS) is 10.9. The zero-order chi connectivity index (χ0) is 9.00. The van der Waals surface area contributed by atoms with Gasteiger partial charge in [-0.1, -0.05) is 0 Å². The van der Waals surface area contributed by atoms with Gasteiger partial charge in [-0.05, 0) is 0 Å². The molecule has 0 aliphatic heterocycles. The maximum atomic E-state index is 4.89. The van der Waals surface area contributed by atoms with E-state index in [9.17, 15) is 0 Å². The second kappa shape index (κ2) is 8.97. The third-order valence-corrected chi connectivity index (χ3v) is 0. The fourth-order valence-corrected chi connectivity index (χ4v) is 0. The minimum absolute atomic E-state index is 0. The van der Waals surface area contributed by atoms with E-state index in [0.29, 0.717) is 0 Å². The summed E-state index contributed by atoms with van der Waals surface area (Å²) in [4.78, 5) is 0. The summed E-state index contributed by atoms with van der Waals surface area (Å²) in [5, 5.41) is 0. The van der Waals surface area contributed by atoms with Crippen molar-refractivity contribution >= 4 is 137 Å². The van der Waals surface area contributed by atoms with E-state index in [1.54, 1.807) is 0 Å². The molecule has 0 heterocycles. The van der Waals surface area contributed by atoms with E-state index in [4.69, 9.17) is 91.7 Å². The fraction of sp³-hybridized carbons (Fsp3) is 0. The summed E-state index contributed by atoms with van der Waals surface area (Å²) >= 11 is 39.1. The van der Waals surface area contributed by atoms with Gasteiger partial charge < -0.3 is 91.7 Å². The molecule has 0 amide bonds. The van der Waals surface area contributed by atoms with Crippen LogP contribution in [0.25, 0.3) is 0 Å². The molecular weight excluding hydrogens is 345 g/mol. The minimum atomic E-state index is -2.11. The first kappa shape index (κ1) is 20.2. The summed E-state index contributed by atoms with van der Waals surface area (Å²) in [6, 6.07) is 0. The number of hydrogen-bond donors (Lipinski definition) is 0. The van der Waals surface area contributed by atoms with Gasteiger partial charge in [-0.2, -0.15) is 0 Å². The molecule has 64 valence electrons. The number of rotatable bonds is 0. The van der Waals surface area contributed by atoms with Gasteiger partial charge >= 0.3 is 45.4 Å². The van der Waals surface area contributed by atoms with Crippen LogP contribution in [-0.2, 0) is 0 Å². The molecule has 0 fully saturated rings. The SMILES string of the molecule is Cl[B-](Cl)(Cl)Cl.Cl[B-](Cl)(Cl)Cl.[Ca+2]. The second-order valence-corrected chi connectivity index (χ2v) is 8.91. The van der Waals surface area contributed by atoms with Gasteiger partial charge in [0.1, 0.15) is 0 Å². The summed E-state index contributed by atoms with van der Waals surface area (Å²) in [7, 11) is 0. The predicted molar refractivity (Wildman–Crippen MR) is 64.1 cm³/mol. The van der Waals surface area contributed by atoms with Gasteiger partial charge in [0.05, 0.1) is 0 Å². The Bertz CT molecular complexity index is 55.1. The topological polar surface area (TPSA) is 0 Å². The molecule has 0 aromatic carbocycles. The molecule has 0 bridgehead atoms. The van der Waals surface area contributed by atoms with E-state index in [2.05, 4.69) is 0 Å². The van der Waals surface area contributed by atoms with Gasteiger partial charge in [0.25, 0.3) is 0 Å². The van der Waals surface area contributed by atoms with Gasteiger partial charge in [-0.25, -0.2) is 0 Å². The molecule has 0 atom stereocenters. The molecule has 0 unspecified atom stereocenters. The minimum Gasteiger partial charge on any atom is -0.332 e. The van der Waals surface area contributed by atoms with Crippen LogP contribution in [0, 0.1) is 0 Å². The molecular formula is B2CaCl8. The summed E-state index contributed by atoms with van der Waals surface area (Å²) < 4.78 is -4.22. The van der Waals surface area contributed by atoms with Gasteiger partial charge in [-0.15, -0.1) is 0 Å². The molecule has 0 N–H and O–H groups in total. The summed E-state index contributed by atoms with van der Waals surface area (Å²) in [5.41, 5.74) is 0. The zero-order valence-electron chi connectivity index (χ0n) is 4.89. The first-order valence-electron chi connectivity index (χ1n) is 1.75. The molecule has 0 aliphatic rings. The monoisotopic (exact) mass is 342 g/mol. The van der Waals surface area contributed by atoms with Crippen LogP contribution in [0.15, 0.2) is 0 Å². The molecule has 0 aliphatic carbocycles. The van der Waals surface area contributed by atoms with E-state index in [-0.39, 0.29) is 37.7 Å². The Morgan fingerprint density at radius 2 is 0.455 bits per heavy atom. The van der Waals surface area contributed by atoms with Crippen molar-refractivity contribution in [2.24, 2.45) is 0 Å². The van der Waals surface area contributed by atoms with E-state index in [0.717, 1.165) is 0 Å². The van der Waals surface area contributed by atoms with Gasteiger partial charge in [0.2, 0.25) is 0 Å². The molecule has 0 saturated heterocycles. The molecule has 11 heavy (non-hydrogen) atoms. The van der Waals surface area contributed by atoms with Crippen LogP contribution >= 0.6 is 91.7 Å². The average Bonchev–Trinajstić information content (AvgIpc) is 1.12. The Hall–Kier alpha value is 3.71. The largest absolute Gasteiger partial charge is 2.00 e. The first-order chi connectivity index (χ1) is 4.00. The van der Waals surface area contributed by atoms with Crippen molar-refractivity contribution in [1.29, 1.82) is 0 Å². The van der Waals surface area contributed by atoms with Crippen molar-refractivity contribution in [3.8, 4) is 0 Å². The Morgan fingerprint density at radius 1 is 0.455 bits per heavy atom. The summed E-state index contributed by atoms with van der Waals surface area (Å²) in [5.74, 6) is 0. The average molecular weight is 345 g/mol. The Morgan fingerprint density at radius 3 is 0.455 bits per heavy atom. The van der Waals surface area contributed by atoms with Crippen LogP contribution in [-0.4, -0.2) is 45.4 Å². The number of halogens is 8. The van der Waals surface area contributed by atoms with Crippen LogP contribution in [0.2, 0.25) is 0 Å². The van der Waals surface area contributed by atoms with Crippen LogP contribution in [0.1, 0.15) is 0 Å². The molecule has 0 aromatic heterocycles.